The summed E-state index contributed by atoms with van der Waals surface area (Å²) in [6.07, 6.45) is 0. The van der Waals surface area contributed by atoms with E-state index in [1.807, 2.05) is 73.7 Å². The number of hydrogen-bond donors (Lipinski definition) is 1. The van der Waals surface area contributed by atoms with E-state index < -0.39 is 0 Å². The van der Waals surface area contributed by atoms with E-state index in [4.69, 9.17) is 0 Å². The van der Waals surface area contributed by atoms with Crippen LogP contribution in [0.15, 0.2) is 78.9 Å². The fraction of sp³-hybridized carbons (Fsp3) is 0.100. The highest BCUT2D eigenvalue weighted by molar-refractivity contribution is 5.94. The summed E-state index contributed by atoms with van der Waals surface area (Å²) in [7, 11) is 0. The lowest BCUT2D eigenvalue weighted by Gasteiger charge is -2.14. The monoisotopic (exact) mass is 302 g/mol. The highest BCUT2D eigenvalue weighted by atomic mass is 16.1. The van der Waals surface area contributed by atoms with Crippen molar-refractivity contribution in [3.05, 3.63) is 90.1 Å². The molecule has 0 bridgehead atoms. The number of nitrogens with zero attached hydrogens (tertiary/aromatic N) is 1. The van der Waals surface area contributed by atoms with E-state index in [0.717, 1.165) is 17.0 Å². The predicted octanol–water partition coefficient (Wildman–Crippen LogP) is 4.24. The lowest BCUT2D eigenvalue weighted by molar-refractivity contribution is 0.0939. The number of nitrogens with one attached hydrogen (secondary N) is 1. The topological polar surface area (TPSA) is 42.0 Å². The third kappa shape index (κ3) is 3.64. The maximum Gasteiger partial charge on any atom is 0.251 e. The van der Waals surface area contributed by atoms with Crippen molar-refractivity contribution in [2.24, 2.45) is 0 Å². The van der Waals surface area contributed by atoms with Gasteiger partial charge in [0.15, 0.2) is 0 Å². The van der Waals surface area contributed by atoms with Crippen molar-refractivity contribution in [2.45, 2.75) is 13.0 Å². The van der Waals surface area contributed by atoms with Gasteiger partial charge in [-0.05, 0) is 31.2 Å². The summed E-state index contributed by atoms with van der Waals surface area (Å²) in [4.78, 5) is 16.9. The largest absolute Gasteiger partial charge is 0.344 e. The normalized spacial score (nSPS) is 11.7. The SMILES string of the molecule is CC(NC(=O)c1ccccc1)c1cccc(-c2ccccc2)n1. The second-order valence-electron chi connectivity index (χ2n) is 5.37. The molecule has 114 valence electrons. The van der Waals surface area contributed by atoms with Gasteiger partial charge < -0.3 is 5.32 Å². The minimum Gasteiger partial charge on any atom is -0.344 e. The number of carbonyl (C=O) groups is 1. The number of carbonyl (C=O) groups excluding carboxylic acids is 1. The van der Waals surface area contributed by atoms with Crippen molar-refractivity contribution >= 4 is 5.91 Å². The van der Waals surface area contributed by atoms with Crippen LogP contribution in [0.2, 0.25) is 0 Å². The van der Waals surface area contributed by atoms with Crippen molar-refractivity contribution in [1.82, 2.24) is 10.3 Å². The average molecular weight is 302 g/mol. The number of aromatic nitrogens is 1. The van der Waals surface area contributed by atoms with Gasteiger partial charge in [-0.15, -0.1) is 0 Å². The molecule has 1 unspecified atom stereocenters. The first-order chi connectivity index (χ1) is 11.2. The fourth-order valence-electron chi connectivity index (χ4n) is 2.41. The molecule has 23 heavy (non-hydrogen) atoms. The average Bonchev–Trinajstić information content (AvgIpc) is 2.63. The molecule has 0 spiro atoms. The highest BCUT2D eigenvalue weighted by Crippen LogP contribution is 2.19. The molecule has 1 amide bonds. The Labute approximate surface area is 136 Å². The molecular formula is C20H18N2O. The minimum absolute atomic E-state index is 0.0926. The molecule has 3 rings (SSSR count). The minimum atomic E-state index is -0.161. The van der Waals surface area contributed by atoms with Crippen LogP contribution in [0.3, 0.4) is 0 Å². The van der Waals surface area contributed by atoms with E-state index in [9.17, 15) is 4.79 Å². The Bertz CT molecular complexity index is 785. The lowest BCUT2D eigenvalue weighted by Crippen LogP contribution is -2.27. The van der Waals surface area contributed by atoms with Gasteiger partial charge in [0.1, 0.15) is 0 Å². The molecule has 3 heteroatoms. The molecule has 0 fully saturated rings. The van der Waals surface area contributed by atoms with Gasteiger partial charge in [0.25, 0.3) is 5.91 Å². The number of hydrogen-bond acceptors (Lipinski definition) is 2. The summed E-state index contributed by atoms with van der Waals surface area (Å²) in [5, 5.41) is 2.99. The molecule has 3 aromatic rings. The molecule has 0 aliphatic heterocycles. The van der Waals surface area contributed by atoms with Gasteiger partial charge in [-0.25, -0.2) is 0 Å². The van der Waals surface area contributed by atoms with Crippen LogP contribution in [-0.2, 0) is 0 Å². The molecule has 0 aliphatic carbocycles. The van der Waals surface area contributed by atoms with Gasteiger partial charge in [-0.2, -0.15) is 0 Å². The van der Waals surface area contributed by atoms with Crippen molar-refractivity contribution in [3.8, 4) is 11.3 Å². The first kappa shape index (κ1) is 15.0. The zero-order chi connectivity index (χ0) is 16.1. The van der Waals surface area contributed by atoms with E-state index in [2.05, 4.69) is 10.3 Å². The lowest BCUT2D eigenvalue weighted by atomic mass is 10.1. The van der Waals surface area contributed by atoms with Crippen molar-refractivity contribution in [3.63, 3.8) is 0 Å². The Morgan fingerprint density at radius 1 is 0.870 bits per heavy atom. The second kappa shape index (κ2) is 6.88. The van der Waals surface area contributed by atoms with Crippen LogP contribution in [-0.4, -0.2) is 10.9 Å². The molecule has 0 radical (unpaired) electrons. The van der Waals surface area contributed by atoms with Crippen LogP contribution >= 0.6 is 0 Å². The zero-order valence-electron chi connectivity index (χ0n) is 12.9. The van der Waals surface area contributed by atoms with E-state index in [-0.39, 0.29) is 11.9 Å². The van der Waals surface area contributed by atoms with Crippen LogP contribution < -0.4 is 5.32 Å². The van der Waals surface area contributed by atoms with E-state index in [0.29, 0.717) is 5.56 Å². The summed E-state index contributed by atoms with van der Waals surface area (Å²) in [6.45, 7) is 1.94. The van der Waals surface area contributed by atoms with Crippen molar-refractivity contribution in [1.29, 1.82) is 0 Å². The Hall–Kier alpha value is -2.94. The summed E-state index contributed by atoms with van der Waals surface area (Å²) in [6, 6.07) is 24.9. The van der Waals surface area contributed by atoms with Crippen LogP contribution in [0.1, 0.15) is 29.0 Å². The van der Waals surface area contributed by atoms with Gasteiger partial charge in [0.2, 0.25) is 0 Å². The van der Waals surface area contributed by atoms with Gasteiger partial charge in [-0.3, -0.25) is 9.78 Å². The summed E-state index contributed by atoms with van der Waals surface area (Å²) in [5.74, 6) is -0.0926. The van der Waals surface area contributed by atoms with Crippen LogP contribution in [0.4, 0.5) is 0 Å². The Morgan fingerprint density at radius 3 is 2.22 bits per heavy atom. The molecule has 0 aliphatic rings. The van der Waals surface area contributed by atoms with Crippen molar-refractivity contribution < 1.29 is 4.79 Å². The van der Waals surface area contributed by atoms with E-state index in [1.165, 1.54) is 0 Å². The van der Waals surface area contributed by atoms with Crippen LogP contribution in [0.25, 0.3) is 11.3 Å². The molecule has 1 atom stereocenters. The number of amides is 1. The smallest absolute Gasteiger partial charge is 0.251 e. The zero-order valence-corrected chi connectivity index (χ0v) is 12.9. The fourth-order valence-corrected chi connectivity index (χ4v) is 2.41. The third-order valence-electron chi connectivity index (χ3n) is 3.67. The molecular weight excluding hydrogens is 284 g/mol. The van der Waals surface area contributed by atoms with Gasteiger partial charge in [0, 0.05) is 11.1 Å². The summed E-state index contributed by atoms with van der Waals surface area (Å²) < 4.78 is 0. The first-order valence-corrected chi connectivity index (χ1v) is 7.62. The quantitative estimate of drug-likeness (QED) is 0.783. The summed E-state index contributed by atoms with van der Waals surface area (Å²) in [5.41, 5.74) is 3.47. The van der Waals surface area contributed by atoms with Crippen LogP contribution in [0.5, 0.6) is 0 Å². The van der Waals surface area contributed by atoms with Crippen molar-refractivity contribution in [2.75, 3.05) is 0 Å². The number of benzene rings is 2. The second-order valence-corrected chi connectivity index (χ2v) is 5.37. The Balaban J connectivity index is 1.78. The molecule has 2 aromatic carbocycles. The first-order valence-electron chi connectivity index (χ1n) is 7.62. The van der Waals surface area contributed by atoms with Crippen LogP contribution in [0, 0.1) is 0 Å². The molecule has 1 heterocycles. The molecule has 1 N–H and O–H groups in total. The molecule has 3 nitrogen and oxygen atoms in total. The van der Waals surface area contributed by atoms with Gasteiger partial charge >= 0.3 is 0 Å². The van der Waals surface area contributed by atoms with Gasteiger partial charge in [0.05, 0.1) is 17.4 Å². The van der Waals surface area contributed by atoms with E-state index >= 15 is 0 Å². The Morgan fingerprint density at radius 2 is 1.52 bits per heavy atom. The van der Waals surface area contributed by atoms with Gasteiger partial charge in [-0.1, -0.05) is 54.6 Å². The predicted molar refractivity (Wildman–Crippen MR) is 92.0 cm³/mol. The molecule has 1 aromatic heterocycles. The number of rotatable bonds is 4. The standard InChI is InChI=1S/C20H18N2O/c1-15(21-20(23)17-11-6-3-7-12-17)18-13-8-14-19(22-18)16-9-4-2-5-10-16/h2-15H,1H3,(H,21,23). The highest BCUT2D eigenvalue weighted by Gasteiger charge is 2.12. The molecule has 0 saturated heterocycles. The van der Waals surface area contributed by atoms with E-state index in [1.54, 1.807) is 12.1 Å². The number of pyridine rings is 1. The third-order valence-corrected chi connectivity index (χ3v) is 3.67. The maximum atomic E-state index is 12.2. The maximum absolute atomic E-state index is 12.2. The Kier molecular flexibility index (Phi) is 4.48. The summed E-state index contributed by atoms with van der Waals surface area (Å²) >= 11 is 0. The molecule has 0 saturated carbocycles.